The number of carboxylic acid groups (broad SMARTS) is 1. The average Bonchev–Trinajstić information content (AvgIpc) is 3.34. The third-order valence-corrected chi connectivity index (χ3v) is 4.92. The van der Waals surface area contributed by atoms with Crippen LogP contribution in [0.5, 0.6) is 5.75 Å². The molecule has 5 nitrogen and oxygen atoms in total. The Hall–Kier alpha value is -3.03. The number of hydrogen-bond donors (Lipinski definition) is 1. The Labute approximate surface area is 158 Å². The van der Waals surface area contributed by atoms with Gasteiger partial charge in [-0.05, 0) is 41.8 Å². The summed E-state index contributed by atoms with van der Waals surface area (Å²) in [5.41, 5.74) is 1.48. The summed E-state index contributed by atoms with van der Waals surface area (Å²) < 4.78 is 45.4. The number of aromatic nitrogens is 2. The molecule has 0 spiro atoms. The molecule has 28 heavy (non-hydrogen) atoms. The highest BCUT2D eigenvalue weighted by molar-refractivity contribution is 5.86. The highest BCUT2D eigenvalue weighted by atomic mass is 19.4. The number of carbonyl (C=O) groups is 1. The summed E-state index contributed by atoms with van der Waals surface area (Å²) in [4.78, 5) is 11.2. The van der Waals surface area contributed by atoms with Gasteiger partial charge < -0.3 is 9.84 Å². The third-order valence-electron chi connectivity index (χ3n) is 4.92. The molecule has 1 fully saturated rings. The minimum atomic E-state index is -4.37. The molecule has 0 aliphatic heterocycles. The molecule has 1 saturated carbocycles. The summed E-state index contributed by atoms with van der Waals surface area (Å²) >= 11 is 0. The standard InChI is InChI=1S/C20H17F3N2O3/c1-25-9-12-6-14(7-16(18(12)24-25)15-8-17(15)19(26)27)28-10-11-2-4-13(5-3-11)20(21,22)23/h2-7,9,15,17H,8,10H2,1H3,(H,26,27)/t15-,17+/m0/s1. The molecule has 1 aromatic heterocycles. The highest BCUT2D eigenvalue weighted by Gasteiger charge is 2.45. The van der Waals surface area contributed by atoms with Gasteiger partial charge in [0.25, 0.3) is 0 Å². The van der Waals surface area contributed by atoms with Gasteiger partial charge in [0.05, 0.1) is 17.0 Å². The Morgan fingerprint density at radius 3 is 2.61 bits per heavy atom. The van der Waals surface area contributed by atoms with Gasteiger partial charge in [0.1, 0.15) is 12.4 Å². The molecule has 4 rings (SSSR count). The van der Waals surface area contributed by atoms with Crippen LogP contribution in [0.3, 0.4) is 0 Å². The molecule has 2 aromatic carbocycles. The number of rotatable bonds is 5. The van der Waals surface area contributed by atoms with Crippen LogP contribution in [-0.4, -0.2) is 20.9 Å². The second-order valence-corrected chi connectivity index (χ2v) is 7.02. The molecule has 0 amide bonds. The van der Waals surface area contributed by atoms with E-state index in [0.717, 1.165) is 28.6 Å². The smallest absolute Gasteiger partial charge is 0.416 e. The zero-order valence-corrected chi connectivity index (χ0v) is 14.9. The van der Waals surface area contributed by atoms with Crippen LogP contribution in [0.15, 0.2) is 42.6 Å². The summed E-state index contributed by atoms with van der Waals surface area (Å²) in [6, 6.07) is 8.40. The second-order valence-electron chi connectivity index (χ2n) is 7.02. The Balaban J connectivity index is 1.56. The van der Waals surface area contributed by atoms with E-state index in [1.807, 2.05) is 6.20 Å². The molecule has 146 valence electrons. The molecule has 1 heterocycles. The van der Waals surface area contributed by atoms with E-state index < -0.39 is 23.6 Å². The Kier molecular flexibility index (Phi) is 4.28. The number of benzene rings is 2. The van der Waals surface area contributed by atoms with Crippen molar-refractivity contribution in [2.45, 2.75) is 25.1 Å². The number of aryl methyl sites for hydroxylation is 1. The van der Waals surface area contributed by atoms with Crippen LogP contribution in [-0.2, 0) is 24.6 Å². The Morgan fingerprint density at radius 2 is 2.00 bits per heavy atom. The quantitative estimate of drug-likeness (QED) is 0.703. The van der Waals surface area contributed by atoms with Crippen molar-refractivity contribution in [2.75, 3.05) is 0 Å². The van der Waals surface area contributed by atoms with E-state index >= 15 is 0 Å². The topological polar surface area (TPSA) is 64.3 Å². The van der Waals surface area contributed by atoms with Gasteiger partial charge >= 0.3 is 12.1 Å². The van der Waals surface area contributed by atoms with Crippen LogP contribution >= 0.6 is 0 Å². The van der Waals surface area contributed by atoms with Crippen molar-refractivity contribution in [1.82, 2.24) is 9.78 Å². The zero-order valence-electron chi connectivity index (χ0n) is 14.9. The maximum Gasteiger partial charge on any atom is 0.416 e. The van der Waals surface area contributed by atoms with Gasteiger partial charge in [-0.1, -0.05) is 12.1 Å². The first-order valence-corrected chi connectivity index (χ1v) is 8.71. The van der Waals surface area contributed by atoms with Gasteiger partial charge in [0.15, 0.2) is 0 Å². The van der Waals surface area contributed by atoms with Gasteiger partial charge in [-0.2, -0.15) is 18.3 Å². The molecule has 0 radical (unpaired) electrons. The maximum atomic E-state index is 12.7. The molecule has 0 bridgehead atoms. The normalized spacial score (nSPS) is 19.0. The molecule has 0 saturated heterocycles. The number of nitrogens with zero attached hydrogens (tertiary/aromatic N) is 2. The van der Waals surface area contributed by atoms with Crippen LogP contribution in [0.25, 0.3) is 10.9 Å². The van der Waals surface area contributed by atoms with Crippen LogP contribution in [0.2, 0.25) is 0 Å². The van der Waals surface area contributed by atoms with E-state index in [1.54, 1.807) is 23.9 Å². The molecule has 8 heteroatoms. The molecular formula is C20H17F3N2O3. The monoisotopic (exact) mass is 390 g/mol. The lowest BCUT2D eigenvalue weighted by molar-refractivity contribution is -0.139. The minimum Gasteiger partial charge on any atom is -0.489 e. The fourth-order valence-corrected chi connectivity index (χ4v) is 3.39. The van der Waals surface area contributed by atoms with E-state index in [-0.39, 0.29) is 12.5 Å². The summed E-state index contributed by atoms with van der Waals surface area (Å²) in [6.07, 6.45) is -1.99. The fourth-order valence-electron chi connectivity index (χ4n) is 3.39. The lowest BCUT2D eigenvalue weighted by Crippen LogP contribution is -2.05. The number of fused-ring (bicyclic) bond motifs is 1. The van der Waals surface area contributed by atoms with E-state index in [4.69, 9.17) is 4.74 Å². The molecule has 1 aliphatic carbocycles. The summed E-state index contributed by atoms with van der Waals surface area (Å²) in [5, 5.41) is 14.5. The Bertz CT molecular complexity index is 1040. The molecule has 3 aromatic rings. The number of ether oxygens (including phenoxy) is 1. The predicted molar refractivity (Wildman–Crippen MR) is 95.0 cm³/mol. The third kappa shape index (κ3) is 3.54. The lowest BCUT2D eigenvalue weighted by Gasteiger charge is -2.10. The van der Waals surface area contributed by atoms with Crippen molar-refractivity contribution in [1.29, 1.82) is 0 Å². The SMILES string of the molecule is Cn1cc2cc(OCc3ccc(C(F)(F)F)cc3)cc([C@@H]3C[C@H]3C(=O)O)c2n1. The molecule has 2 atom stereocenters. The van der Waals surface area contributed by atoms with Gasteiger partial charge in [-0.25, -0.2) is 0 Å². The summed E-state index contributed by atoms with van der Waals surface area (Å²) in [5.74, 6) is -0.823. The van der Waals surface area contributed by atoms with Crippen molar-refractivity contribution in [3.63, 3.8) is 0 Å². The second kappa shape index (κ2) is 6.54. The Morgan fingerprint density at radius 1 is 1.29 bits per heavy atom. The molecule has 1 N–H and O–H groups in total. The predicted octanol–water partition coefficient (Wildman–Crippen LogP) is 4.36. The first kappa shape index (κ1) is 18.3. The molecule has 0 unspecified atom stereocenters. The van der Waals surface area contributed by atoms with Gasteiger partial charge in [0, 0.05) is 24.5 Å². The van der Waals surface area contributed by atoms with E-state index in [1.165, 1.54) is 12.1 Å². The van der Waals surface area contributed by atoms with Crippen molar-refractivity contribution in [3.05, 3.63) is 59.3 Å². The first-order valence-electron chi connectivity index (χ1n) is 8.71. The number of alkyl halides is 3. The zero-order chi connectivity index (χ0) is 20.1. The number of aliphatic carboxylic acids is 1. The van der Waals surface area contributed by atoms with Crippen molar-refractivity contribution < 1.29 is 27.8 Å². The minimum absolute atomic E-state index is 0.107. The lowest BCUT2D eigenvalue weighted by atomic mass is 10.1. The first-order chi connectivity index (χ1) is 13.2. The fraction of sp³-hybridized carbons (Fsp3) is 0.300. The van der Waals surface area contributed by atoms with Crippen molar-refractivity contribution >= 4 is 16.9 Å². The average molecular weight is 390 g/mol. The largest absolute Gasteiger partial charge is 0.489 e. The maximum absolute atomic E-state index is 12.7. The number of hydrogen-bond acceptors (Lipinski definition) is 3. The van der Waals surface area contributed by atoms with Crippen LogP contribution in [0.1, 0.15) is 29.0 Å². The van der Waals surface area contributed by atoms with Crippen LogP contribution in [0.4, 0.5) is 13.2 Å². The number of halogens is 3. The summed E-state index contributed by atoms with van der Waals surface area (Å²) in [7, 11) is 1.79. The van der Waals surface area contributed by atoms with Gasteiger partial charge in [-0.15, -0.1) is 0 Å². The van der Waals surface area contributed by atoms with Gasteiger partial charge in [-0.3, -0.25) is 9.48 Å². The van der Waals surface area contributed by atoms with Crippen LogP contribution in [0, 0.1) is 5.92 Å². The molecular weight excluding hydrogens is 373 g/mol. The number of carboxylic acids is 1. The van der Waals surface area contributed by atoms with Crippen molar-refractivity contribution in [2.24, 2.45) is 13.0 Å². The van der Waals surface area contributed by atoms with Gasteiger partial charge in [0.2, 0.25) is 0 Å². The summed E-state index contributed by atoms with van der Waals surface area (Å²) in [6.45, 7) is 0.108. The van der Waals surface area contributed by atoms with Crippen molar-refractivity contribution in [3.8, 4) is 5.75 Å². The van der Waals surface area contributed by atoms with E-state index in [0.29, 0.717) is 17.7 Å². The van der Waals surface area contributed by atoms with Crippen LogP contribution < -0.4 is 4.74 Å². The van der Waals surface area contributed by atoms with E-state index in [9.17, 15) is 23.1 Å². The van der Waals surface area contributed by atoms with E-state index in [2.05, 4.69) is 5.10 Å². The highest BCUT2D eigenvalue weighted by Crippen LogP contribution is 2.50. The molecule has 1 aliphatic rings.